The Kier molecular flexibility index (Phi) is 4.51. The van der Waals surface area contributed by atoms with Crippen LogP contribution >= 0.6 is 0 Å². The summed E-state index contributed by atoms with van der Waals surface area (Å²) in [6, 6.07) is 0.532. The molecule has 102 valence electrons. The van der Waals surface area contributed by atoms with E-state index in [1.165, 1.54) is 0 Å². The van der Waals surface area contributed by atoms with Crippen LogP contribution in [0.1, 0.15) is 12.8 Å². The lowest BCUT2D eigenvalue weighted by Crippen LogP contribution is -2.27. The van der Waals surface area contributed by atoms with Crippen LogP contribution in [0.4, 0.5) is 6.01 Å². The number of rotatable bonds is 6. The molecule has 0 radical (unpaired) electrons. The standard InChI is InChI=1S/C11H20N4O3/c1-4-12-5-10-13-14-11(18-10)15-6-8(16-2)9(7-15)17-3/h8-9,12H,4-7H2,1-3H3. The van der Waals surface area contributed by atoms with Crippen molar-refractivity contribution in [2.24, 2.45) is 0 Å². The molecular weight excluding hydrogens is 236 g/mol. The molecule has 1 aliphatic heterocycles. The number of hydrogen-bond acceptors (Lipinski definition) is 7. The van der Waals surface area contributed by atoms with Gasteiger partial charge in [0.25, 0.3) is 0 Å². The van der Waals surface area contributed by atoms with Crippen molar-refractivity contribution in [2.45, 2.75) is 25.7 Å². The Bertz CT molecular complexity index is 359. The first-order valence-electron chi connectivity index (χ1n) is 6.12. The fraction of sp³-hybridized carbons (Fsp3) is 0.818. The third kappa shape index (κ3) is 2.80. The number of ether oxygens (including phenoxy) is 2. The first kappa shape index (κ1) is 13.3. The second kappa shape index (κ2) is 6.12. The molecule has 7 nitrogen and oxygen atoms in total. The van der Waals surface area contributed by atoms with E-state index in [1.54, 1.807) is 14.2 Å². The number of aromatic nitrogens is 2. The lowest BCUT2D eigenvalue weighted by atomic mass is 10.3. The maximum atomic E-state index is 5.59. The summed E-state index contributed by atoms with van der Waals surface area (Å²) in [5.74, 6) is 0.599. The van der Waals surface area contributed by atoms with Crippen LogP contribution in [0.5, 0.6) is 0 Å². The van der Waals surface area contributed by atoms with Crippen molar-refractivity contribution in [2.75, 3.05) is 38.8 Å². The first-order valence-corrected chi connectivity index (χ1v) is 6.12. The van der Waals surface area contributed by atoms with Gasteiger partial charge in [-0.05, 0) is 6.54 Å². The molecule has 0 aliphatic carbocycles. The molecule has 1 aromatic heterocycles. The summed E-state index contributed by atoms with van der Waals surface area (Å²) in [6.07, 6.45) is 0.0817. The van der Waals surface area contributed by atoms with Gasteiger partial charge in [-0.1, -0.05) is 12.0 Å². The van der Waals surface area contributed by atoms with E-state index in [0.29, 0.717) is 31.5 Å². The highest BCUT2D eigenvalue weighted by Crippen LogP contribution is 2.22. The van der Waals surface area contributed by atoms with Crippen molar-refractivity contribution < 1.29 is 13.9 Å². The average Bonchev–Trinajstić information content (AvgIpc) is 3.01. The summed E-state index contributed by atoms with van der Waals surface area (Å²) in [4.78, 5) is 1.99. The minimum absolute atomic E-state index is 0.0408. The highest BCUT2D eigenvalue weighted by Gasteiger charge is 2.35. The van der Waals surface area contributed by atoms with Gasteiger partial charge in [-0.25, -0.2) is 0 Å². The smallest absolute Gasteiger partial charge is 0.318 e. The van der Waals surface area contributed by atoms with Crippen molar-refractivity contribution in [1.82, 2.24) is 15.5 Å². The molecule has 0 saturated carbocycles. The van der Waals surface area contributed by atoms with Crippen molar-refractivity contribution in [3.8, 4) is 0 Å². The lowest BCUT2D eigenvalue weighted by molar-refractivity contribution is -0.00461. The van der Waals surface area contributed by atoms with E-state index in [0.717, 1.165) is 6.54 Å². The summed E-state index contributed by atoms with van der Waals surface area (Å²) in [5.41, 5.74) is 0. The molecule has 0 spiro atoms. The molecule has 2 atom stereocenters. The fourth-order valence-corrected chi connectivity index (χ4v) is 2.03. The van der Waals surface area contributed by atoms with Crippen molar-refractivity contribution in [1.29, 1.82) is 0 Å². The highest BCUT2D eigenvalue weighted by atomic mass is 16.5. The number of methoxy groups -OCH3 is 2. The Morgan fingerprint density at radius 3 is 2.50 bits per heavy atom. The van der Waals surface area contributed by atoms with Crippen LogP contribution in [-0.2, 0) is 16.0 Å². The number of nitrogens with zero attached hydrogens (tertiary/aromatic N) is 3. The van der Waals surface area contributed by atoms with Crippen LogP contribution < -0.4 is 10.2 Å². The van der Waals surface area contributed by atoms with E-state index in [-0.39, 0.29) is 12.2 Å². The molecule has 2 heterocycles. The summed E-state index contributed by atoms with van der Waals surface area (Å²) in [7, 11) is 3.37. The van der Waals surface area contributed by atoms with Crippen molar-refractivity contribution in [3.05, 3.63) is 5.89 Å². The van der Waals surface area contributed by atoms with Crippen LogP contribution in [0.2, 0.25) is 0 Å². The van der Waals surface area contributed by atoms with Gasteiger partial charge < -0.3 is 24.1 Å². The summed E-state index contributed by atoms with van der Waals surface area (Å²) < 4.78 is 16.3. The molecule has 1 fully saturated rings. The van der Waals surface area contributed by atoms with Crippen LogP contribution in [-0.4, -0.2) is 56.3 Å². The lowest BCUT2D eigenvalue weighted by Gasteiger charge is -2.13. The zero-order valence-corrected chi connectivity index (χ0v) is 11.0. The largest absolute Gasteiger partial charge is 0.407 e. The van der Waals surface area contributed by atoms with Gasteiger partial charge in [-0.2, -0.15) is 0 Å². The Balaban J connectivity index is 1.97. The maximum Gasteiger partial charge on any atom is 0.318 e. The fourth-order valence-electron chi connectivity index (χ4n) is 2.03. The van der Waals surface area contributed by atoms with Crippen LogP contribution in [0.25, 0.3) is 0 Å². The van der Waals surface area contributed by atoms with Crippen molar-refractivity contribution >= 4 is 6.01 Å². The molecule has 18 heavy (non-hydrogen) atoms. The monoisotopic (exact) mass is 256 g/mol. The van der Waals surface area contributed by atoms with Gasteiger partial charge in [-0.3, -0.25) is 0 Å². The predicted octanol–water partition coefficient (Wildman–Crippen LogP) is 0.0291. The normalized spacial score (nSPS) is 23.8. The first-order chi connectivity index (χ1) is 8.78. The Hall–Kier alpha value is -1.18. The summed E-state index contributed by atoms with van der Waals surface area (Å²) in [6.45, 7) is 4.91. The second-order valence-corrected chi connectivity index (χ2v) is 4.21. The van der Waals surface area contributed by atoms with Gasteiger partial charge >= 0.3 is 6.01 Å². The van der Waals surface area contributed by atoms with Gasteiger partial charge in [0.05, 0.1) is 19.6 Å². The Morgan fingerprint density at radius 1 is 1.28 bits per heavy atom. The zero-order valence-electron chi connectivity index (χ0n) is 11.0. The molecule has 2 unspecified atom stereocenters. The second-order valence-electron chi connectivity index (χ2n) is 4.21. The van der Waals surface area contributed by atoms with E-state index in [2.05, 4.69) is 15.5 Å². The van der Waals surface area contributed by atoms with E-state index in [9.17, 15) is 0 Å². The number of anilines is 1. The molecular formula is C11H20N4O3. The third-order valence-electron chi connectivity index (χ3n) is 3.07. The third-order valence-corrected chi connectivity index (χ3v) is 3.07. The molecule has 0 aromatic carbocycles. The molecule has 0 amide bonds. The number of nitrogens with one attached hydrogen (secondary N) is 1. The Morgan fingerprint density at radius 2 is 1.94 bits per heavy atom. The van der Waals surface area contributed by atoms with Crippen molar-refractivity contribution in [3.63, 3.8) is 0 Å². The van der Waals surface area contributed by atoms with Crippen LogP contribution in [0.3, 0.4) is 0 Å². The molecule has 1 N–H and O–H groups in total. The van der Waals surface area contributed by atoms with Gasteiger partial charge in [0.2, 0.25) is 5.89 Å². The van der Waals surface area contributed by atoms with Crippen LogP contribution in [0.15, 0.2) is 4.42 Å². The van der Waals surface area contributed by atoms with Gasteiger partial charge in [0.15, 0.2) is 0 Å². The molecule has 1 aliphatic rings. The minimum atomic E-state index is 0.0408. The van der Waals surface area contributed by atoms with E-state index in [4.69, 9.17) is 13.9 Å². The quantitative estimate of drug-likeness (QED) is 0.769. The van der Waals surface area contributed by atoms with Gasteiger partial charge in [-0.15, -0.1) is 5.10 Å². The SMILES string of the molecule is CCNCc1nnc(N2CC(OC)C(OC)C2)o1. The molecule has 1 aromatic rings. The molecule has 1 saturated heterocycles. The van der Waals surface area contributed by atoms with Crippen LogP contribution in [0, 0.1) is 0 Å². The maximum absolute atomic E-state index is 5.59. The van der Waals surface area contributed by atoms with E-state index in [1.807, 2.05) is 11.8 Å². The minimum Gasteiger partial charge on any atom is -0.407 e. The zero-order chi connectivity index (χ0) is 13.0. The molecule has 0 bridgehead atoms. The summed E-state index contributed by atoms with van der Waals surface area (Å²) in [5, 5.41) is 11.2. The van der Waals surface area contributed by atoms with E-state index >= 15 is 0 Å². The molecule has 7 heteroatoms. The van der Waals surface area contributed by atoms with Gasteiger partial charge in [0, 0.05) is 14.2 Å². The van der Waals surface area contributed by atoms with E-state index < -0.39 is 0 Å². The average molecular weight is 256 g/mol. The summed E-state index contributed by atoms with van der Waals surface area (Å²) >= 11 is 0. The topological polar surface area (TPSA) is 72.7 Å². The predicted molar refractivity (Wildman–Crippen MR) is 65.5 cm³/mol. The molecule has 2 rings (SSSR count). The number of hydrogen-bond donors (Lipinski definition) is 1. The van der Waals surface area contributed by atoms with Gasteiger partial charge in [0.1, 0.15) is 12.2 Å². The highest BCUT2D eigenvalue weighted by molar-refractivity contribution is 5.28. The Labute approximate surface area is 106 Å².